The molecule has 0 saturated carbocycles. The Labute approximate surface area is 88.2 Å². The minimum Gasteiger partial charge on any atom is -0.162 e. The number of allylic oxidation sites excluding steroid dienone is 1. The van der Waals surface area contributed by atoms with E-state index >= 15 is 0 Å². The largest absolute Gasteiger partial charge is 0.162 e. The summed E-state index contributed by atoms with van der Waals surface area (Å²) in [5, 5.41) is 0. The molecular formula is C12H24S. The topological polar surface area (TPSA) is 0 Å². The Morgan fingerprint density at radius 2 is 1.69 bits per heavy atom. The SMILES string of the molecule is C=CCCCCCCSCCCC. The van der Waals surface area contributed by atoms with Crippen LogP contribution in [0.3, 0.4) is 0 Å². The highest BCUT2D eigenvalue weighted by Gasteiger charge is 1.90. The number of thioether (sulfide) groups is 1. The average molecular weight is 200 g/mol. The normalized spacial score (nSPS) is 10.2. The predicted octanol–water partition coefficient (Wildman–Crippen LogP) is 4.66. The van der Waals surface area contributed by atoms with Gasteiger partial charge in [0.25, 0.3) is 0 Å². The van der Waals surface area contributed by atoms with Crippen LogP contribution in [-0.2, 0) is 0 Å². The van der Waals surface area contributed by atoms with Crippen molar-refractivity contribution in [2.75, 3.05) is 11.5 Å². The van der Waals surface area contributed by atoms with Crippen LogP contribution in [0.15, 0.2) is 12.7 Å². The Morgan fingerprint density at radius 3 is 2.38 bits per heavy atom. The van der Waals surface area contributed by atoms with E-state index in [-0.39, 0.29) is 0 Å². The molecule has 0 nitrogen and oxygen atoms in total. The van der Waals surface area contributed by atoms with Gasteiger partial charge in [-0.1, -0.05) is 32.3 Å². The summed E-state index contributed by atoms with van der Waals surface area (Å²) >= 11 is 2.12. The molecule has 0 aromatic carbocycles. The van der Waals surface area contributed by atoms with Gasteiger partial charge in [0, 0.05) is 0 Å². The minimum absolute atomic E-state index is 1.20. The van der Waals surface area contributed by atoms with E-state index in [0.29, 0.717) is 0 Å². The molecule has 0 aromatic rings. The lowest BCUT2D eigenvalue weighted by molar-refractivity contribution is 0.678. The van der Waals surface area contributed by atoms with Crippen molar-refractivity contribution in [2.45, 2.75) is 51.9 Å². The van der Waals surface area contributed by atoms with E-state index in [2.05, 4.69) is 25.3 Å². The predicted molar refractivity (Wildman–Crippen MR) is 65.5 cm³/mol. The summed E-state index contributed by atoms with van der Waals surface area (Å²) < 4.78 is 0. The zero-order chi connectivity index (χ0) is 9.78. The van der Waals surface area contributed by atoms with E-state index in [1.165, 1.54) is 56.5 Å². The van der Waals surface area contributed by atoms with Crippen LogP contribution in [0.4, 0.5) is 0 Å². The molecule has 0 rings (SSSR count). The molecule has 0 bridgehead atoms. The second-order valence-electron chi connectivity index (χ2n) is 3.46. The number of unbranched alkanes of at least 4 members (excludes halogenated alkanes) is 5. The second-order valence-corrected chi connectivity index (χ2v) is 4.68. The molecule has 0 aliphatic heterocycles. The van der Waals surface area contributed by atoms with Gasteiger partial charge in [0.2, 0.25) is 0 Å². The van der Waals surface area contributed by atoms with Crippen LogP contribution in [0.2, 0.25) is 0 Å². The molecule has 0 N–H and O–H groups in total. The molecule has 0 saturated heterocycles. The average Bonchev–Trinajstić information content (AvgIpc) is 2.16. The number of rotatable bonds is 10. The van der Waals surface area contributed by atoms with Gasteiger partial charge in [0.1, 0.15) is 0 Å². The molecule has 0 aliphatic carbocycles. The van der Waals surface area contributed by atoms with Crippen molar-refractivity contribution in [1.29, 1.82) is 0 Å². The Bertz CT molecular complexity index is 99.3. The van der Waals surface area contributed by atoms with E-state index in [9.17, 15) is 0 Å². The standard InChI is InChI=1S/C12H24S/c1-3-5-7-8-9-10-12-13-11-6-4-2/h3H,1,4-12H2,2H3. The van der Waals surface area contributed by atoms with E-state index < -0.39 is 0 Å². The third-order valence-corrected chi connectivity index (χ3v) is 3.24. The lowest BCUT2D eigenvalue weighted by Gasteiger charge is -2.00. The van der Waals surface area contributed by atoms with Crippen molar-refractivity contribution in [1.82, 2.24) is 0 Å². The summed E-state index contributed by atoms with van der Waals surface area (Å²) in [5.41, 5.74) is 0. The Kier molecular flexibility index (Phi) is 12.2. The molecular weight excluding hydrogens is 176 g/mol. The minimum atomic E-state index is 1.20. The lowest BCUT2D eigenvalue weighted by Crippen LogP contribution is -1.84. The smallest absolute Gasteiger partial charge is 0.00675 e. The maximum atomic E-state index is 3.72. The number of hydrogen-bond acceptors (Lipinski definition) is 1. The van der Waals surface area contributed by atoms with Gasteiger partial charge in [0.15, 0.2) is 0 Å². The van der Waals surface area contributed by atoms with E-state index in [4.69, 9.17) is 0 Å². The molecule has 0 unspecified atom stereocenters. The van der Waals surface area contributed by atoms with Crippen LogP contribution in [0.5, 0.6) is 0 Å². The molecule has 0 atom stereocenters. The van der Waals surface area contributed by atoms with Crippen molar-refractivity contribution in [3.63, 3.8) is 0 Å². The van der Waals surface area contributed by atoms with E-state index in [0.717, 1.165) is 0 Å². The van der Waals surface area contributed by atoms with Crippen LogP contribution >= 0.6 is 11.8 Å². The van der Waals surface area contributed by atoms with Gasteiger partial charge in [-0.2, -0.15) is 11.8 Å². The second kappa shape index (κ2) is 12.1. The van der Waals surface area contributed by atoms with Crippen molar-refractivity contribution >= 4 is 11.8 Å². The van der Waals surface area contributed by atoms with E-state index in [1.54, 1.807) is 0 Å². The quantitative estimate of drug-likeness (QED) is 0.365. The first kappa shape index (κ1) is 13.1. The molecule has 1 heteroatoms. The molecule has 0 radical (unpaired) electrons. The van der Waals surface area contributed by atoms with Gasteiger partial charge in [0.05, 0.1) is 0 Å². The molecule has 0 amide bonds. The molecule has 0 fully saturated rings. The molecule has 0 aliphatic rings. The zero-order valence-corrected chi connectivity index (χ0v) is 9.87. The van der Waals surface area contributed by atoms with Crippen molar-refractivity contribution in [2.24, 2.45) is 0 Å². The number of hydrogen-bond donors (Lipinski definition) is 0. The van der Waals surface area contributed by atoms with Crippen molar-refractivity contribution < 1.29 is 0 Å². The molecule has 0 aromatic heterocycles. The maximum absolute atomic E-state index is 3.72. The van der Waals surface area contributed by atoms with Gasteiger partial charge in [-0.05, 0) is 37.2 Å². The van der Waals surface area contributed by atoms with Gasteiger partial charge < -0.3 is 0 Å². The van der Waals surface area contributed by atoms with Crippen molar-refractivity contribution in [3.05, 3.63) is 12.7 Å². The molecule has 0 heterocycles. The Balaban J connectivity index is 2.79. The van der Waals surface area contributed by atoms with Gasteiger partial charge in [-0.3, -0.25) is 0 Å². The fraction of sp³-hybridized carbons (Fsp3) is 0.833. The summed E-state index contributed by atoms with van der Waals surface area (Å²) in [6, 6.07) is 0. The maximum Gasteiger partial charge on any atom is -0.00675 e. The highest BCUT2D eigenvalue weighted by molar-refractivity contribution is 7.99. The van der Waals surface area contributed by atoms with Crippen LogP contribution < -0.4 is 0 Å². The Hall–Kier alpha value is 0.0900. The summed E-state index contributed by atoms with van der Waals surface area (Å²) in [7, 11) is 0. The molecule has 13 heavy (non-hydrogen) atoms. The Morgan fingerprint density at radius 1 is 1.00 bits per heavy atom. The van der Waals surface area contributed by atoms with E-state index in [1.807, 2.05) is 6.08 Å². The fourth-order valence-electron chi connectivity index (χ4n) is 1.19. The molecule has 0 spiro atoms. The fourth-order valence-corrected chi connectivity index (χ4v) is 2.30. The lowest BCUT2D eigenvalue weighted by atomic mass is 10.2. The third-order valence-electron chi connectivity index (χ3n) is 2.09. The highest BCUT2D eigenvalue weighted by Crippen LogP contribution is 2.10. The first-order chi connectivity index (χ1) is 6.41. The summed E-state index contributed by atoms with van der Waals surface area (Å²) in [5.74, 6) is 2.73. The van der Waals surface area contributed by atoms with Gasteiger partial charge in [-0.25, -0.2) is 0 Å². The van der Waals surface area contributed by atoms with Crippen LogP contribution in [0.1, 0.15) is 51.9 Å². The summed E-state index contributed by atoms with van der Waals surface area (Å²) in [6.45, 7) is 5.98. The highest BCUT2D eigenvalue weighted by atomic mass is 32.2. The first-order valence-corrected chi connectivity index (χ1v) is 6.76. The first-order valence-electron chi connectivity index (χ1n) is 5.60. The van der Waals surface area contributed by atoms with Crippen LogP contribution in [-0.4, -0.2) is 11.5 Å². The van der Waals surface area contributed by atoms with Gasteiger partial charge >= 0.3 is 0 Å². The molecule has 78 valence electrons. The van der Waals surface area contributed by atoms with Gasteiger partial charge in [-0.15, -0.1) is 6.58 Å². The summed E-state index contributed by atoms with van der Waals surface area (Å²) in [6.07, 6.45) is 11.5. The summed E-state index contributed by atoms with van der Waals surface area (Å²) in [4.78, 5) is 0. The zero-order valence-electron chi connectivity index (χ0n) is 9.06. The monoisotopic (exact) mass is 200 g/mol. The van der Waals surface area contributed by atoms with Crippen molar-refractivity contribution in [3.8, 4) is 0 Å². The van der Waals surface area contributed by atoms with Crippen LogP contribution in [0, 0.1) is 0 Å². The van der Waals surface area contributed by atoms with Crippen LogP contribution in [0.25, 0.3) is 0 Å². The third kappa shape index (κ3) is 12.1.